The fourth-order valence-corrected chi connectivity index (χ4v) is 2.35. The monoisotopic (exact) mass is 285 g/mol. The lowest BCUT2D eigenvalue weighted by Gasteiger charge is -2.10. The van der Waals surface area contributed by atoms with Crippen molar-refractivity contribution in [3.8, 4) is 18.1 Å². The first kappa shape index (κ1) is 13.9. The highest BCUT2D eigenvalue weighted by Gasteiger charge is 2.05. The molecule has 3 aromatic rings. The third-order valence-corrected chi connectivity index (χ3v) is 3.39. The molecule has 0 amide bonds. The number of hydrogen-bond donors (Lipinski definition) is 0. The number of rotatable bonds is 4. The minimum Gasteiger partial charge on any atom is -0.480 e. The second kappa shape index (κ2) is 6.60. The van der Waals surface area contributed by atoms with E-state index in [-0.39, 0.29) is 6.61 Å². The first-order chi connectivity index (χ1) is 10.9. The number of ether oxygens (including phenoxy) is 1. The Morgan fingerprint density at radius 2 is 1.82 bits per heavy atom. The van der Waals surface area contributed by atoms with Crippen molar-refractivity contribution in [3.63, 3.8) is 0 Å². The van der Waals surface area contributed by atoms with E-state index in [9.17, 15) is 0 Å². The lowest BCUT2D eigenvalue weighted by atomic mass is 10.0. The Balaban J connectivity index is 2.08. The maximum absolute atomic E-state index is 5.68. The molecule has 0 unspecified atom stereocenters. The van der Waals surface area contributed by atoms with Gasteiger partial charge in [0.1, 0.15) is 12.4 Å². The van der Waals surface area contributed by atoms with Crippen molar-refractivity contribution in [2.24, 2.45) is 0 Å². The van der Waals surface area contributed by atoms with Gasteiger partial charge in [-0.05, 0) is 34.5 Å². The highest BCUT2D eigenvalue weighted by Crippen LogP contribution is 2.30. The average molecular weight is 285 g/mol. The lowest BCUT2D eigenvalue weighted by Crippen LogP contribution is -1.96. The normalized spacial score (nSPS) is 10.7. The predicted octanol–water partition coefficient (Wildman–Crippen LogP) is 4.42. The molecule has 0 bridgehead atoms. The quantitative estimate of drug-likeness (QED) is 0.662. The molecule has 2 aromatic carbocycles. The first-order valence-electron chi connectivity index (χ1n) is 7.04. The Hall–Kier alpha value is -3.05. The Morgan fingerprint density at radius 1 is 1.00 bits per heavy atom. The molecular weight excluding hydrogens is 270 g/mol. The summed E-state index contributed by atoms with van der Waals surface area (Å²) >= 11 is 0. The summed E-state index contributed by atoms with van der Waals surface area (Å²) in [5.41, 5.74) is 2.12. The lowest BCUT2D eigenvalue weighted by molar-refractivity contribution is 0.370. The van der Waals surface area contributed by atoms with Crippen LogP contribution in [0.5, 0.6) is 5.75 Å². The number of nitrogens with zero attached hydrogens (tertiary/aromatic N) is 1. The Labute approximate surface area is 130 Å². The topological polar surface area (TPSA) is 22.1 Å². The summed E-state index contributed by atoms with van der Waals surface area (Å²) in [6.45, 7) is 0.258. The molecule has 2 heteroatoms. The molecule has 0 radical (unpaired) electrons. The Morgan fingerprint density at radius 3 is 2.64 bits per heavy atom. The van der Waals surface area contributed by atoms with Crippen LogP contribution in [0.3, 0.4) is 0 Å². The van der Waals surface area contributed by atoms with Crippen molar-refractivity contribution in [1.82, 2.24) is 4.98 Å². The minimum absolute atomic E-state index is 0.258. The van der Waals surface area contributed by atoms with Crippen molar-refractivity contribution in [2.45, 2.75) is 0 Å². The molecule has 0 saturated carbocycles. The van der Waals surface area contributed by atoms with E-state index in [0.717, 1.165) is 22.3 Å². The van der Waals surface area contributed by atoms with E-state index in [1.165, 1.54) is 5.39 Å². The summed E-state index contributed by atoms with van der Waals surface area (Å²) in [6.07, 6.45) is 13.0. The SMILES string of the molecule is C#CCOc1ccc2ccccc2c1C=Cc1ccncc1. The van der Waals surface area contributed by atoms with E-state index >= 15 is 0 Å². The summed E-state index contributed by atoms with van der Waals surface area (Å²) < 4.78 is 5.68. The first-order valence-corrected chi connectivity index (χ1v) is 7.04. The number of terminal acetylenes is 1. The van der Waals surface area contributed by atoms with Crippen LogP contribution < -0.4 is 4.74 Å². The van der Waals surface area contributed by atoms with Gasteiger partial charge in [-0.2, -0.15) is 0 Å². The van der Waals surface area contributed by atoms with Gasteiger partial charge in [0.15, 0.2) is 0 Å². The fraction of sp³-hybridized carbons (Fsp3) is 0.0500. The van der Waals surface area contributed by atoms with Crippen molar-refractivity contribution in [2.75, 3.05) is 6.61 Å². The molecule has 0 aliphatic rings. The number of pyridine rings is 1. The van der Waals surface area contributed by atoms with Crippen LogP contribution in [0.25, 0.3) is 22.9 Å². The molecule has 106 valence electrons. The Kier molecular flexibility index (Phi) is 4.17. The van der Waals surface area contributed by atoms with E-state index < -0.39 is 0 Å². The van der Waals surface area contributed by atoms with Crippen LogP contribution in [-0.4, -0.2) is 11.6 Å². The third-order valence-electron chi connectivity index (χ3n) is 3.39. The van der Waals surface area contributed by atoms with Crippen LogP contribution in [0.1, 0.15) is 11.1 Å². The molecular formula is C20H15NO. The van der Waals surface area contributed by atoms with Crippen molar-refractivity contribution in [3.05, 3.63) is 72.1 Å². The van der Waals surface area contributed by atoms with Crippen molar-refractivity contribution >= 4 is 22.9 Å². The number of hydrogen-bond acceptors (Lipinski definition) is 2. The third kappa shape index (κ3) is 2.99. The highest BCUT2D eigenvalue weighted by molar-refractivity contribution is 5.95. The van der Waals surface area contributed by atoms with Crippen LogP contribution in [0, 0.1) is 12.3 Å². The summed E-state index contributed by atoms with van der Waals surface area (Å²) in [5, 5.41) is 2.31. The van der Waals surface area contributed by atoms with Crippen LogP contribution in [0.15, 0.2) is 60.9 Å². The zero-order valence-corrected chi connectivity index (χ0v) is 12.1. The van der Waals surface area contributed by atoms with Crippen molar-refractivity contribution < 1.29 is 4.74 Å². The van der Waals surface area contributed by atoms with Gasteiger partial charge in [-0.3, -0.25) is 4.98 Å². The number of aromatic nitrogens is 1. The van der Waals surface area contributed by atoms with Gasteiger partial charge in [0.05, 0.1) is 0 Å². The van der Waals surface area contributed by atoms with Gasteiger partial charge >= 0.3 is 0 Å². The van der Waals surface area contributed by atoms with Crippen LogP contribution in [-0.2, 0) is 0 Å². The Bertz CT molecular complexity index is 844. The second-order valence-corrected chi connectivity index (χ2v) is 4.81. The maximum Gasteiger partial charge on any atom is 0.148 e. The zero-order chi connectivity index (χ0) is 15.2. The van der Waals surface area contributed by atoms with Crippen LogP contribution >= 0.6 is 0 Å². The van der Waals surface area contributed by atoms with Gasteiger partial charge in [0.25, 0.3) is 0 Å². The number of benzene rings is 2. The molecule has 0 aliphatic heterocycles. The van der Waals surface area contributed by atoms with Gasteiger partial charge in [-0.25, -0.2) is 0 Å². The predicted molar refractivity (Wildman–Crippen MR) is 91.4 cm³/mol. The summed E-state index contributed by atoms with van der Waals surface area (Å²) in [7, 11) is 0. The molecule has 0 N–H and O–H groups in total. The summed E-state index contributed by atoms with van der Waals surface area (Å²) in [5.74, 6) is 3.30. The molecule has 3 rings (SSSR count). The fourth-order valence-electron chi connectivity index (χ4n) is 2.35. The van der Waals surface area contributed by atoms with Gasteiger partial charge in [0, 0.05) is 18.0 Å². The zero-order valence-electron chi connectivity index (χ0n) is 12.1. The summed E-state index contributed by atoms with van der Waals surface area (Å²) in [4.78, 5) is 4.03. The molecule has 1 aromatic heterocycles. The van der Waals surface area contributed by atoms with E-state index in [4.69, 9.17) is 11.2 Å². The molecule has 2 nitrogen and oxygen atoms in total. The van der Waals surface area contributed by atoms with E-state index in [0.29, 0.717) is 0 Å². The van der Waals surface area contributed by atoms with E-state index in [1.807, 2.05) is 42.5 Å². The molecule has 1 heterocycles. The minimum atomic E-state index is 0.258. The van der Waals surface area contributed by atoms with Gasteiger partial charge in [-0.1, -0.05) is 48.4 Å². The highest BCUT2D eigenvalue weighted by atomic mass is 16.5. The van der Waals surface area contributed by atoms with Crippen LogP contribution in [0.4, 0.5) is 0 Å². The standard InChI is InChI=1S/C20H15NO/c1-2-15-22-20-10-8-17-5-3-4-6-18(17)19(20)9-7-16-11-13-21-14-12-16/h1,3-14H,15H2. The van der Waals surface area contributed by atoms with Crippen LogP contribution in [0.2, 0.25) is 0 Å². The molecule has 0 fully saturated rings. The maximum atomic E-state index is 5.68. The van der Waals surface area contributed by atoms with Crippen molar-refractivity contribution in [1.29, 1.82) is 0 Å². The molecule has 0 saturated heterocycles. The summed E-state index contributed by atoms with van der Waals surface area (Å²) in [6, 6.07) is 16.2. The van der Waals surface area contributed by atoms with Gasteiger partial charge < -0.3 is 4.74 Å². The molecule has 0 atom stereocenters. The molecule has 22 heavy (non-hydrogen) atoms. The van der Waals surface area contributed by atoms with Gasteiger partial charge in [-0.15, -0.1) is 6.42 Å². The smallest absolute Gasteiger partial charge is 0.148 e. The molecule has 0 aliphatic carbocycles. The average Bonchev–Trinajstić information content (AvgIpc) is 2.59. The largest absolute Gasteiger partial charge is 0.480 e. The van der Waals surface area contributed by atoms with E-state index in [2.05, 4.69) is 29.1 Å². The second-order valence-electron chi connectivity index (χ2n) is 4.81. The molecule has 0 spiro atoms. The van der Waals surface area contributed by atoms with Gasteiger partial charge in [0.2, 0.25) is 0 Å². The number of fused-ring (bicyclic) bond motifs is 1. The van der Waals surface area contributed by atoms with E-state index in [1.54, 1.807) is 12.4 Å².